The van der Waals surface area contributed by atoms with Crippen molar-refractivity contribution in [3.63, 3.8) is 0 Å². The molecule has 0 aliphatic carbocycles. The predicted molar refractivity (Wildman–Crippen MR) is 63.4 cm³/mol. The van der Waals surface area contributed by atoms with Crippen molar-refractivity contribution in [1.29, 1.82) is 0 Å². The maximum absolute atomic E-state index is 11.2. The van der Waals surface area contributed by atoms with Gasteiger partial charge in [0.15, 0.2) is 0 Å². The van der Waals surface area contributed by atoms with Crippen molar-refractivity contribution in [1.82, 2.24) is 0 Å². The van der Waals surface area contributed by atoms with Gasteiger partial charge in [-0.15, -0.1) is 0 Å². The Morgan fingerprint density at radius 2 is 1.83 bits per heavy atom. The Morgan fingerprint density at radius 1 is 1.22 bits per heavy atom. The molecule has 1 unspecified atom stereocenters. The first-order valence-corrected chi connectivity index (χ1v) is 5.97. The van der Waals surface area contributed by atoms with Crippen LogP contribution in [0, 0.1) is 5.92 Å². The van der Waals surface area contributed by atoms with Crippen molar-refractivity contribution >= 4 is 11.9 Å². The van der Waals surface area contributed by atoms with Crippen molar-refractivity contribution in [2.45, 2.75) is 52.4 Å². The molecule has 0 spiro atoms. The van der Waals surface area contributed by atoms with Gasteiger partial charge in [0, 0.05) is 0 Å². The van der Waals surface area contributed by atoms with Crippen molar-refractivity contribution in [2.75, 3.05) is 6.61 Å². The number of unbranched alkanes of at least 4 members (excludes halogenated alkanes) is 1. The molecule has 0 aliphatic heterocycles. The van der Waals surface area contributed by atoms with Gasteiger partial charge in [-0.05, 0) is 12.3 Å². The van der Waals surface area contributed by atoms with Crippen LogP contribution in [0.1, 0.15) is 55.2 Å². The molecule has 0 rings (SSSR count). The summed E-state index contributed by atoms with van der Waals surface area (Å²) < 4.78 is 5.04. The van der Waals surface area contributed by atoms with Gasteiger partial charge in [0.05, 0.1) is 19.4 Å². The average molecular weight is 278 g/mol. The first kappa shape index (κ1) is 24.0. The third-order valence-corrected chi connectivity index (χ3v) is 2.57. The monoisotopic (exact) mass is 278 g/mol. The van der Waals surface area contributed by atoms with Crippen LogP contribution in [0.2, 0.25) is 0 Å². The Kier molecular flexibility index (Phi) is 21.3. The minimum Gasteiger partial charge on any atom is -1.00 e. The zero-order valence-corrected chi connectivity index (χ0v) is 16.2. The molecule has 0 saturated carbocycles. The average Bonchev–Trinajstić information content (AvgIpc) is 2.26. The molecule has 0 bridgehead atoms. The Balaban J connectivity index is -0.000000187. The minimum atomic E-state index is -0.963. The molecule has 0 aromatic heterocycles. The fourth-order valence-corrected chi connectivity index (χ4v) is 1.39. The molecule has 0 heterocycles. The summed E-state index contributed by atoms with van der Waals surface area (Å²) in [5, 5.41) is 8.39. The number of hydrogen-bond donors (Lipinski definition) is 1. The number of ether oxygens (including phenoxy) is 1. The van der Waals surface area contributed by atoms with Gasteiger partial charge >= 0.3 is 71.1 Å². The third kappa shape index (κ3) is 15.0. The SMILES string of the molecule is CCCCC(CC)COC(=O)CCC(=O)O.[H-].[H-].[Na+].[Na+]. The van der Waals surface area contributed by atoms with E-state index in [0.29, 0.717) is 12.5 Å². The molecular formula is C12H24Na2O4. The molecule has 1 atom stereocenters. The summed E-state index contributed by atoms with van der Waals surface area (Å²) in [5.74, 6) is -0.957. The molecule has 0 amide bonds. The van der Waals surface area contributed by atoms with E-state index in [1.807, 2.05) is 0 Å². The van der Waals surface area contributed by atoms with Gasteiger partial charge in [0.25, 0.3) is 0 Å². The molecule has 0 aliphatic rings. The Labute approximate surface area is 157 Å². The van der Waals surface area contributed by atoms with Gasteiger partial charge < -0.3 is 12.7 Å². The largest absolute Gasteiger partial charge is 1.00 e. The molecular weight excluding hydrogens is 254 g/mol. The molecule has 0 aromatic carbocycles. The number of esters is 1. The topological polar surface area (TPSA) is 63.6 Å². The Hall–Kier alpha value is 0.940. The molecule has 0 aromatic rings. The van der Waals surface area contributed by atoms with E-state index in [9.17, 15) is 9.59 Å². The second-order valence-corrected chi connectivity index (χ2v) is 3.99. The Bertz CT molecular complexity index is 232. The van der Waals surface area contributed by atoms with E-state index in [0.717, 1.165) is 25.7 Å². The first-order valence-electron chi connectivity index (χ1n) is 5.97. The van der Waals surface area contributed by atoms with Crippen LogP contribution in [-0.2, 0) is 14.3 Å². The molecule has 0 saturated heterocycles. The predicted octanol–water partition coefficient (Wildman–Crippen LogP) is -3.16. The molecule has 18 heavy (non-hydrogen) atoms. The summed E-state index contributed by atoms with van der Waals surface area (Å²) in [6, 6.07) is 0. The second-order valence-electron chi connectivity index (χ2n) is 3.99. The molecule has 1 N–H and O–H groups in total. The summed E-state index contributed by atoms with van der Waals surface area (Å²) in [6.07, 6.45) is 4.17. The van der Waals surface area contributed by atoms with Crippen LogP contribution < -0.4 is 59.1 Å². The number of aliphatic carboxylic acids is 1. The van der Waals surface area contributed by atoms with Gasteiger partial charge in [0.1, 0.15) is 0 Å². The van der Waals surface area contributed by atoms with Gasteiger partial charge in [-0.3, -0.25) is 9.59 Å². The number of carbonyl (C=O) groups is 2. The van der Waals surface area contributed by atoms with E-state index >= 15 is 0 Å². The summed E-state index contributed by atoms with van der Waals surface area (Å²) in [5.41, 5.74) is 0. The number of carboxylic acids is 1. The van der Waals surface area contributed by atoms with Crippen LogP contribution in [-0.4, -0.2) is 23.7 Å². The van der Waals surface area contributed by atoms with Crippen molar-refractivity contribution in [3.8, 4) is 0 Å². The smallest absolute Gasteiger partial charge is 1.00 e. The van der Waals surface area contributed by atoms with Gasteiger partial charge in [-0.1, -0.05) is 33.1 Å². The van der Waals surface area contributed by atoms with E-state index in [2.05, 4.69) is 13.8 Å². The third-order valence-electron chi connectivity index (χ3n) is 2.57. The molecule has 0 radical (unpaired) electrons. The summed E-state index contributed by atoms with van der Waals surface area (Å²) in [6.45, 7) is 4.63. The zero-order valence-electron chi connectivity index (χ0n) is 14.2. The van der Waals surface area contributed by atoms with Crippen LogP contribution in [0.5, 0.6) is 0 Å². The Morgan fingerprint density at radius 3 is 2.28 bits per heavy atom. The van der Waals surface area contributed by atoms with Gasteiger partial charge in [-0.25, -0.2) is 0 Å². The first-order chi connectivity index (χ1) is 7.60. The summed E-state index contributed by atoms with van der Waals surface area (Å²) in [4.78, 5) is 21.4. The van der Waals surface area contributed by atoms with E-state index in [4.69, 9.17) is 9.84 Å². The van der Waals surface area contributed by atoms with Crippen molar-refractivity contribution in [2.24, 2.45) is 5.92 Å². The normalized spacial score (nSPS) is 10.8. The second kappa shape index (κ2) is 16.0. The number of carboxylic acid groups (broad SMARTS) is 1. The van der Waals surface area contributed by atoms with E-state index < -0.39 is 11.9 Å². The fourth-order valence-electron chi connectivity index (χ4n) is 1.39. The van der Waals surface area contributed by atoms with Crippen molar-refractivity contribution < 1.29 is 81.4 Å². The zero-order chi connectivity index (χ0) is 12.4. The quantitative estimate of drug-likeness (QED) is 0.357. The van der Waals surface area contributed by atoms with Crippen LogP contribution >= 0.6 is 0 Å². The van der Waals surface area contributed by atoms with Crippen LogP contribution in [0.4, 0.5) is 0 Å². The molecule has 6 heteroatoms. The molecule has 0 fully saturated rings. The summed E-state index contributed by atoms with van der Waals surface area (Å²) in [7, 11) is 0. The van der Waals surface area contributed by atoms with Crippen LogP contribution in [0.25, 0.3) is 0 Å². The number of rotatable bonds is 9. The van der Waals surface area contributed by atoms with Gasteiger partial charge in [-0.2, -0.15) is 0 Å². The standard InChI is InChI=1S/C12H22O4.2Na.2H/c1-3-5-6-10(4-2)9-16-12(15)8-7-11(13)14;;;;/h10H,3-9H2,1-2H3,(H,13,14);;;;/q;2*+1;2*-1. The van der Waals surface area contributed by atoms with E-state index in [-0.39, 0.29) is 74.8 Å². The van der Waals surface area contributed by atoms with E-state index in [1.165, 1.54) is 0 Å². The van der Waals surface area contributed by atoms with Crippen LogP contribution in [0.15, 0.2) is 0 Å². The van der Waals surface area contributed by atoms with Gasteiger partial charge in [0.2, 0.25) is 0 Å². The van der Waals surface area contributed by atoms with E-state index in [1.54, 1.807) is 0 Å². The molecule has 98 valence electrons. The minimum absolute atomic E-state index is 0. The van der Waals surface area contributed by atoms with Crippen molar-refractivity contribution in [3.05, 3.63) is 0 Å². The maximum atomic E-state index is 11.2. The number of hydrogen-bond acceptors (Lipinski definition) is 3. The number of carbonyl (C=O) groups excluding carboxylic acids is 1. The molecule has 4 nitrogen and oxygen atoms in total. The maximum Gasteiger partial charge on any atom is 1.00 e. The fraction of sp³-hybridized carbons (Fsp3) is 0.833. The van der Waals surface area contributed by atoms with Crippen LogP contribution in [0.3, 0.4) is 0 Å². The summed E-state index contributed by atoms with van der Waals surface area (Å²) >= 11 is 0.